The molecular formula is C17H12ClN5. The predicted molar refractivity (Wildman–Crippen MR) is 91.0 cm³/mol. The summed E-state index contributed by atoms with van der Waals surface area (Å²) in [7, 11) is 0. The van der Waals surface area contributed by atoms with E-state index in [4.69, 9.17) is 11.6 Å². The highest BCUT2D eigenvalue weighted by molar-refractivity contribution is 6.30. The van der Waals surface area contributed by atoms with E-state index in [0.29, 0.717) is 11.0 Å². The number of nitrogens with one attached hydrogen (secondary N) is 1. The minimum Gasteiger partial charge on any atom is -0.324 e. The van der Waals surface area contributed by atoms with Crippen LogP contribution < -0.4 is 5.32 Å². The van der Waals surface area contributed by atoms with E-state index >= 15 is 0 Å². The maximum Gasteiger partial charge on any atom is 0.227 e. The van der Waals surface area contributed by atoms with Crippen molar-refractivity contribution in [3.63, 3.8) is 0 Å². The molecule has 0 amide bonds. The molecule has 1 N–H and O–H groups in total. The van der Waals surface area contributed by atoms with Crippen molar-refractivity contribution in [1.29, 1.82) is 0 Å². The van der Waals surface area contributed by atoms with Gasteiger partial charge in [0.1, 0.15) is 5.65 Å². The van der Waals surface area contributed by atoms with Crippen LogP contribution in [0, 0.1) is 0 Å². The van der Waals surface area contributed by atoms with Gasteiger partial charge >= 0.3 is 0 Å². The number of anilines is 2. The summed E-state index contributed by atoms with van der Waals surface area (Å²) in [5, 5.41) is 3.86. The van der Waals surface area contributed by atoms with Crippen LogP contribution in [0.25, 0.3) is 17.0 Å². The molecule has 0 saturated carbocycles. The number of rotatable bonds is 3. The molecule has 112 valence electrons. The van der Waals surface area contributed by atoms with E-state index in [-0.39, 0.29) is 0 Å². The minimum atomic E-state index is 0.524. The molecule has 1 aromatic carbocycles. The van der Waals surface area contributed by atoms with E-state index in [1.54, 1.807) is 6.20 Å². The van der Waals surface area contributed by atoms with Crippen molar-refractivity contribution in [2.45, 2.75) is 0 Å². The Bertz CT molecular complexity index is 962. The quantitative estimate of drug-likeness (QED) is 0.614. The standard InChI is InChI=1S/C17H12ClN5/c18-12-4-6-13(7-5-12)21-17-19-9-8-14(22-17)15-11-20-16-3-1-2-10-23(15)16/h1-11H,(H,19,21,22). The Balaban J connectivity index is 1.70. The van der Waals surface area contributed by atoms with Crippen molar-refractivity contribution in [3.8, 4) is 11.4 Å². The molecule has 6 heteroatoms. The minimum absolute atomic E-state index is 0.524. The number of halogens is 1. The van der Waals surface area contributed by atoms with Gasteiger partial charge in [-0.05, 0) is 42.5 Å². The molecule has 0 saturated heterocycles. The van der Waals surface area contributed by atoms with Gasteiger partial charge in [-0.1, -0.05) is 17.7 Å². The molecule has 0 aliphatic rings. The van der Waals surface area contributed by atoms with Crippen LogP contribution in [-0.2, 0) is 0 Å². The summed E-state index contributed by atoms with van der Waals surface area (Å²) < 4.78 is 1.99. The van der Waals surface area contributed by atoms with Gasteiger partial charge in [0.05, 0.1) is 17.6 Å². The van der Waals surface area contributed by atoms with Gasteiger partial charge in [-0.15, -0.1) is 0 Å². The molecule has 0 fully saturated rings. The Labute approximate surface area is 137 Å². The van der Waals surface area contributed by atoms with Crippen molar-refractivity contribution in [3.05, 3.63) is 72.1 Å². The number of fused-ring (bicyclic) bond motifs is 1. The average Bonchev–Trinajstić information content (AvgIpc) is 3.01. The smallest absolute Gasteiger partial charge is 0.227 e. The van der Waals surface area contributed by atoms with Gasteiger partial charge in [-0.3, -0.25) is 4.40 Å². The molecule has 0 bridgehead atoms. The van der Waals surface area contributed by atoms with E-state index in [1.165, 1.54) is 0 Å². The highest BCUT2D eigenvalue weighted by Gasteiger charge is 2.08. The molecular weight excluding hydrogens is 310 g/mol. The molecule has 0 aliphatic carbocycles. The van der Waals surface area contributed by atoms with E-state index < -0.39 is 0 Å². The maximum absolute atomic E-state index is 5.89. The Kier molecular flexibility index (Phi) is 3.40. The highest BCUT2D eigenvalue weighted by Crippen LogP contribution is 2.21. The van der Waals surface area contributed by atoms with Crippen LogP contribution >= 0.6 is 11.6 Å². The zero-order chi connectivity index (χ0) is 15.6. The summed E-state index contributed by atoms with van der Waals surface area (Å²) in [4.78, 5) is 13.2. The second-order valence-corrected chi connectivity index (χ2v) is 5.41. The van der Waals surface area contributed by atoms with Gasteiger partial charge in [0.2, 0.25) is 5.95 Å². The Morgan fingerprint density at radius 1 is 0.957 bits per heavy atom. The number of hydrogen-bond donors (Lipinski definition) is 1. The van der Waals surface area contributed by atoms with Gasteiger partial charge < -0.3 is 5.32 Å². The first-order valence-corrected chi connectivity index (χ1v) is 7.45. The first kappa shape index (κ1) is 13.7. The van der Waals surface area contributed by atoms with Crippen molar-refractivity contribution in [2.75, 3.05) is 5.32 Å². The largest absolute Gasteiger partial charge is 0.324 e. The molecule has 4 aromatic rings. The van der Waals surface area contributed by atoms with E-state index in [9.17, 15) is 0 Å². The summed E-state index contributed by atoms with van der Waals surface area (Å²) in [6, 6.07) is 15.1. The number of nitrogens with zero attached hydrogens (tertiary/aromatic N) is 4. The molecule has 5 nitrogen and oxygen atoms in total. The third-order valence-electron chi connectivity index (χ3n) is 3.44. The van der Waals surface area contributed by atoms with Crippen LogP contribution in [0.4, 0.5) is 11.6 Å². The number of aromatic nitrogens is 4. The molecule has 0 aliphatic heterocycles. The normalized spacial score (nSPS) is 10.8. The van der Waals surface area contributed by atoms with Crippen LogP contribution in [0.5, 0.6) is 0 Å². The summed E-state index contributed by atoms with van der Waals surface area (Å²) in [5.41, 5.74) is 3.48. The molecule has 0 spiro atoms. The molecule has 4 rings (SSSR count). The summed E-state index contributed by atoms with van der Waals surface area (Å²) in [6.07, 6.45) is 5.50. The van der Waals surface area contributed by atoms with Crippen molar-refractivity contribution >= 4 is 28.9 Å². The van der Waals surface area contributed by atoms with Crippen molar-refractivity contribution < 1.29 is 0 Å². The molecule has 3 aromatic heterocycles. The third-order valence-corrected chi connectivity index (χ3v) is 3.69. The first-order valence-electron chi connectivity index (χ1n) is 7.08. The number of benzene rings is 1. The van der Waals surface area contributed by atoms with Gasteiger partial charge in [-0.2, -0.15) is 0 Å². The lowest BCUT2D eigenvalue weighted by molar-refractivity contribution is 1.13. The fourth-order valence-corrected chi connectivity index (χ4v) is 2.47. The van der Waals surface area contributed by atoms with Crippen LogP contribution in [0.3, 0.4) is 0 Å². The van der Waals surface area contributed by atoms with Gasteiger partial charge in [0.15, 0.2) is 0 Å². The number of pyridine rings is 1. The molecule has 3 heterocycles. The average molecular weight is 322 g/mol. The maximum atomic E-state index is 5.89. The number of hydrogen-bond acceptors (Lipinski definition) is 4. The van der Waals surface area contributed by atoms with Crippen LogP contribution in [0.15, 0.2) is 67.1 Å². The van der Waals surface area contributed by atoms with Gasteiger partial charge in [-0.25, -0.2) is 15.0 Å². The lowest BCUT2D eigenvalue weighted by atomic mass is 10.3. The topological polar surface area (TPSA) is 55.1 Å². The van der Waals surface area contributed by atoms with Crippen molar-refractivity contribution in [2.24, 2.45) is 0 Å². The SMILES string of the molecule is Clc1ccc(Nc2nccc(-c3cnc4ccccn34)n2)cc1. The Morgan fingerprint density at radius 3 is 2.70 bits per heavy atom. The Morgan fingerprint density at radius 2 is 1.83 bits per heavy atom. The Hall–Kier alpha value is -2.92. The predicted octanol–water partition coefficient (Wildman–Crippen LogP) is 4.19. The van der Waals surface area contributed by atoms with Crippen molar-refractivity contribution in [1.82, 2.24) is 19.4 Å². The van der Waals surface area contributed by atoms with E-state index in [0.717, 1.165) is 22.7 Å². The lowest BCUT2D eigenvalue weighted by Gasteiger charge is -2.06. The highest BCUT2D eigenvalue weighted by atomic mass is 35.5. The molecule has 0 atom stereocenters. The first-order chi connectivity index (χ1) is 11.3. The van der Waals surface area contributed by atoms with Crippen LogP contribution in [0.2, 0.25) is 5.02 Å². The summed E-state index contributed by atoms with van der Waals surface area (Å²) in [6.45, 7) is 0. The zero-order valence-corrected chi connectivity index (χ0v) is 12.8. The van der Waals surface area contributed by atoms with E-state index in [1.807, 2.05) is 65.3 Å². The molecule has 0 radical (unpaired) electrons. The van der Waals surface area contributed by atoms with Gasteiger partial charge in [0.25, 0.3) is 0 Å². The summed E-state index contributed by atoms with van der Waals surface area (Å²) >= 11 is 5.89. The third kappa shape index (κ3) is 2.74. The van der Waals surface area contributed by atoms with Gasteiger partial charge in [0, 0.05) is 23.1 Å². The second kappa shape index (κ2) is 5.70. The lowest BCUT2D eigenvalue weighted by Crippen LogP contribution is -1.98. The van der Waals surface area contributed by atoms with Crippen LogP contribution in [-0.4, -0.2) is 19.4 Å². The summed E-state index contributed by atoms with van der Waals surface area (Å²) in [5.74, 6) is 0.524. The molecule has 23 heavy (non-hydrogen) atoms. The fourth-order valence-electron chi connectivity index (χ4n) is 2.35. The monoisotopic (exact) mass is 321 g/mol. The van der Waals surface area contributed by atoms with Crippen LogP contribution in [0.1, 0.15) is 0 Å². The second-order valence-electron chi connectivity index (χ2n) is 4.97. The van der Waals surface area contributed by atoms with E-state index in [2.05, 4.69) is 20.3 Å². The fraction of sp³-hybridized carbons (Fsp3) is 0. The molecule has 0 unspecified atom stereocenters. The zero-order valence-electron chi connectivity index (χ0n) is 12.0. The number of imidazole rings is 1.